The predicted octanol–water partition coefficient (Wildman–Crippen LogP) is 3.39. The van der Waals surface area contributed by atoms with Gasteiger partial charge in [-0.3, -0.25) is 14.4 Å². The van der Waals surface area contributed by atoms with Crippen LogP contribution in [-0.4, -0.2) is 31.4 Å². The predicted molar refractivity (Wildman–Crippen MR) is 111 cm³/mol. The number of amides is 2. The highest BCUT2D eigenvalue weighted by molar-refractivity contribution is 5.95. The van der Waals surface area contributed by atoms with Gasteiger partial charge in [-0.2, -0.15) is 0 Å². The first-order valence-corrected chi connectivity index (χ1v) is 9.67. The Bertz CT molecular complexity index is 939. The summed E-state index contributed by atoms with van der Waals surface area (Å²) in [6, 6.07) is 12.3. The normalized spacial score (nSPS) is 14.7. The standard InChI is InChI=1S/C23H23FN2O4/c1-30-23(29)15-20(17-7-9-18(24)10-8-17)25-21(27)13-6-16-4-11-19(12-5-16)26-14-2-3-22(26)28/h4-13,20H,2-3,14-15H2,1H3,(H,25,27)/b13-6+. The lowest BCUT2D eigenvalue weighted by Crippen LogP contribution is -2.29. The molecule has 1 heterocycles. The van der Waals surface area contributed by atoms with Gasteiger partial charge < -0.3 is 15.0 Å². The first-order valence-electron chi connectivity index (χ1n) is 9.67. The molecule has 1 fully saturated rings. The SMILES string of the molecule is COC(=O)CC(NC(=O)/C=C/c1ccc(N2CCCC2=O)cc1)c1ccc(F)cc1. The minimum Gasteiger partial charge on any atom is -0.469 e. The van der Waals surface area contributed by atoms with Gasteiger partial charge in [-0.15, -0.1) is 0 Å². The fraction of sp³-hybridized carbons (Fsp3) is 0.261. The van der Waals surface area contributed by atoms with Gasteiger partial charge in [0, 0.05) is 24.7 Å². The summed E-state index contributed by atoms with van der Waals surface area (Å²) in [5, 5.41) is 2.75. The topological polar surface area (TPSA) is 75.7 Å². The van der Waals surface area contributed by atoms with E-state index >= 15 is 0 Å². The Morgan fingerprint density at radius 3 is 2.47 bits per heavy atom. The number of ether oxygens (including phenoxy) is 1. The summed E-state index contributed by atoms with van der Waals surface area (Å²) in [5.74, 6) is -1.16. The van der Waals surface area contributed by atoms with E-state index in [9.17, 15) is 18.8 Å². The number of rotatable bonds is 7. The first-order chi connectivity index (χ1) is 14.5. The Balaban J connectivity index is 1.65. The second-order valence-electron chi connectivity index (χ2n) is 6.97. The highest BCUT2D eigenvalue weighted by atomic mass is 19.1. The maximum absolute atomic E-state index is 13.2. The fourth-order valence-corrected chi connectivity index (χ4v) is 3.28. The average Bonchev–Trinajstić information content (AvgIpc) is 3.18. The number of carbonyl (C=O) groups is 3. The van der Waals surface area contributed by atoms with Gasteiger partial charge in [-0.25, -0.2) is 4.39 Å². The Morgan fingerprint density at radius 1 is 1.17 bits per heavy atom. The van der Waals surface area contributed by atoms with Crippen molar-refractivity contribution in [2.24, 2.45) is 0 Å². The minimum atomic E-state index is -0.640. The highest BCUT2D eigenvalue weighted by Gasteiger charge is 2.21. The summed E-state index contributed by atoms with van der Waals surface area (Å²) in [7, 11) is 1.27. The molecule has 156 valence electrons. The van der Waals surface area contributed by atoms with Crippen molar-refractivity contribution in [2.75, 3.05) is 18.6 Å². The Kier molecular flexibility index (Phi) is 6.95. The van der Waals surface area contributed by atoms with Gasteiger partial charge in [0.05, 0.1) is 19.6 Å². The molecule has 30 heavy (non-hydrogen) atoms. The minimum absolute atomic E-state index is 0.0692. The van der Waals surface area contributed by atoms with Crippen LogP contribution in [0.5, 0.6) is 0 Å². The lowest BCUT2D eigenvalue weighted by molar-refractivity contribution is -0.141. The molecule has 2 amide bonds. The summed E-state index contributed by atoms with van der Waals surface area (Å²) in [5.41, 5.74) is 2.24. The molecule has 3 rings (SSSR count). The van der Waals surface area contributed by atoms with Crippen LogP contribution in [0.25, 0.3) is 6.08 Å². The Morgan fingerprint density at radius 2 is 1.87 bits per heavy atom. The van der Waals surface area contributed by atoms with Crippen LogP contribution in [0.3, 0.4) is 0 Å². The largest absolute Gasteiger partial charge is 0.469 e. The first kappa shape index (κ1) is 21.2. The second kappa shape index (κ2) is 9.82. The van der Waals surface area contributed by atoms with Gasteiger partial charge in [-0.05, 0) is 47.9 Å². The third-order valence-corrected chi connectivity index (χ3v) is 4.89. The van der Waals surface area contributed by atoms with Crippen molar-refractivity contribution in [1.29, 1.82) is 0 Å². The number of hydrogen-bond donors (Lipinski definition) is 1. The number of nitrogens with zero attached hydrogens (tertiary/aromatic N) is 1. The number of carbonyl (C=O) groups excluding carboxylic acids is 3. The van der Waals surface area contributed by atoms with Crippen LogP contribution in [0.15, 0.2) is 54.6 Å². The number of nitrogens with one attached hydrogen (secondary N) is 1. The zero-order chi connectivity index (χ0) is 21.5. The molecular weight excluding hydrogens is 387 g/mol. The van der Waals surface area contributed by atoms with Crippen molar-refractivity contribution in [3.8, 4) is 0 Å². The van der Waals surface area contributed by atoms with Crippen LogP contribution in [-0.2, 0) is 19.1 Å². The van der Waals surface area contributed by atoms with E-state index in [1.165, 1.54) is 37.5 Å². The monoisotopic (exact) mass is 410 g/mol. The lowest BCUT2D eigenvalue weighted by Gasteiger charge is -2.17. The van der Waals surface area contributed by atoms with E-state index in [0.29, 0.717) is 12.0 Å². The van der Waals surface area contributed by atoms with Gasteiger partial charge in [-0.1, -0.05) is 24.3 Å². The van der Waals surface area contributed by atoms with E-state index in [1.54, 1.807) is 11.0 Å². The van der Waals surface area contributed by atoms with Crippen molar-refractivity contribution in [3.63, 3.8) is 0 Å². The van der Waals surface area contributed by atoms with Crippen molar-refractivity contribution < 1.29 is 23.5 Å². The highest BCUT2D eigenvalue weighted by Crippen LogP contribution is 2.22. The number of anilines is 1. The quantitative estimate of drug-likeness (QED) is 0.561. The van der Waals surface area contributed by atoms with Crippen LogP contribution in [0.4, 0.5) is 10.1 Å². The van der Waals surface area contributed by atoms with Gasteiger partial charge in [0.25, 0.3) is 0 Å². The van der Waals surface area contributed by atoms with E-state index < -0.39 is 23.7 Å². The van der Waals surface area contributed by atoms with Crippen LogP contribution < -0.4 is 10.2 Å². The van der Waals surface area contributed by atoms with Crippen LogP contribution in [0.1, 0.15) is 36.4 Å². The maximum Gasteiger partial charge on any atom is 0.307 e. The molecule has 1 atom stereocenters. The van der Waals surface area contributed by atoms with E-state index in [2.05, 4.69) is 10.1 Å². The molecule has 6 nitrogen and oxygen atoms in total. The zero-order valence-electron chi connectivity index (χ0n) is 16.6. The maximum atomic E-state index is 13.2. The molecule has 0 saturated carbocycles. The molecule has 0 aromatic heterocycles. The van der Waals surface area contributed by atoms with E-state index in [4.69, 9.17) is 0 Å². The summed E-state index contributed by atoms with van der Waals surface area (Å²) in [6.45, 7) is 0.724. The number of halogens is 1. The van der Waals surface area contributed by atoms with Crippen LogP contribution in [0, 0.1) is 5.82 Å². The molecule has 1 unspecified atom stereocenters. The fourth-order valence-electron chi connectivity index (χ4n) is 3.28. The third-order valence-electron chi connectivity index (χ3n) is 4.89. The number of methoxy groups -OCH3 is 1. The molecule has 0 bridgehead atoms. The molecular formula is C23H23FN2O4. The van der Waals surface area contributed by atoms with E-state index in [1.807, 2.05) is 24.3 Å². The van der Waals surface area contributed by atoms with Crippen LogP contribution in [0.2, 0.25) is 0 Å². The second-order valence-corrected chi connectivity index (χ2v) is 6.97. The lowest BCUT2D eigenvalue weighted by atomic mass is 10.0. The van der Waals surface area contributed by atoms with Crippen LogP contribution >= 0.6 is 0 Å². The summed E-state index contributed by atoms with van der Waals surface area (Å²) in [6.07, 6.45) is 4.37. The summed E-state index contributed by atoms with van der Waals surface area (Å²) < 4.78 is 17.9. The van der Waals surface area contributed by atoms with E-state index in [-0.39, 0.29) is 12.3 Å². The number of hydrogen-bond acceptors (Lipinski definition) is 4. The average molecular weight is 410 g/mol. The zero-order valence-corrected chi connectivity index (χ0v) is 16.6. The van der Waals surface area contributed by atoms with Crippen molar-refractivity contribution in [1.82, 2.24) is 5.32 Å². The van der Waals surface area contributed by atoms with Crippen molar-refractivity contribution in [3.05, 3.63) is 71.6 Å². The molecule has 0 radical (unpaired) electrons. The number of benzene rings is 2. The Labute approximate surface area is 174 Å². The molecule has 0 aliphatic carbocycles. The molecule has 1 N–H and O–H groups in total. The van der Waals surface area contributed by atoms with Gasteiger partial charge in [0.1, 0.15) is 5.82 Å². The van der Waals surface area contributed by atoms with E-state index in [0.717, 1.165) is 24.2 Å². The van der Waals surface area contributed by atoms with Gasteiger partial charge in [0.15, 0.2) is 0 Å². The molecule has 0 spiro atoms. The third kappa shape index (κ3) is 5.53. The molecule has 1 aliphatic heterocycles. The Hall–Kier alpha value is -3.48. The van der Waals surface area contributed by atoms with Crippen molar-refractivity contribution >= 4 is 29.5 Å². The summed E-state index contributed by atoms with van der Waals surface area (Å²) >= 11 is 0. The summed E-state index contributed by atoms with van der Waals surface area (Å²) in [4.78, 5) is 37.6. The van der Waals surface area contributed by atoms with Gasteiger partial charge in [0.2, 0.25) is 11.8 Å². The van der Waals surface area contributed by atoms with Gasteiger partial charge >= 0.3 is 5.97 Å². The smallest absolute Gasteiger partial charge is 0.307 e. The number of esters is 1. The molecule has 1 aliphatic rings. The van der Waals surface area contributed by atoms with Crippen molar-refractivity contribution in [2.45, 2.75) is 25.3 Å². The molecule has 2 aromatic carbocycles. The molecule has 2 aromatic rings. The molecule has 7 heteroatoms. The molecule has 1 saturated heterocycles.